The van der Waals surface area contributed by atoms with Crippen molar-refractivity contribution in [2.45, 2.75) is 12.5 Å². The number of aromatic nitrogens is 1. The first-order valence-corrected chi connectivity index (χ1v) is 15.6. The second-order valence-electron chi connectivity index (χ2n) is 11.6. The molecule has 2 amide bonds. The van der Waals surface area contributed by atoms with Crippen molar-refractivity contribution in [3.05, 3.63) is 83.6 Å². The van der Waals surface area contributed by atoms with E-state index in [0.29, 0.717) is 69.5 Å². The van der Waals surface area contributed by atoms with E-state index in [-0.39, 0.29) is 36.7 Å². The SMILES string of the molecule is COc1ccc2cc1OCCN(C(=O)c1ccc3[nH]ccc3c1)CCNC(=O)[C@H]1CN(Cc3ccc4c(c3)OCCO4)C[C@H]21.O=CO. The van der Waals surface area contributed by atoms with Crippen molar-refractivity contribution in [3.8, 4) is 23.0 Å². The van der Waals surface area contributed by atoms with Crippen LogP contribution in [0.1, 0.15) is 27.4 Å². The van der Waals surface area contributed by atoms with Gasteiger partial charge >= 0.3 is 0 Å². The number of rotatable bonds is 4. The quantitative estimate of drug-likeness (QED) is 0.285. The summed E-state index contributed by atoms with van der Waals surface area (Å²) in [5.41, 5.74) is 3.70. The first kappa shape index (κ1) is 31.7. The number of ether oxygens (including phenoxy) is 4. The van der Waals surface area contributed by atoms with Crippen molar-refractivity contribution < 1.29 is 38.4 Å². The van der Waals surface area contributed by atoms with Crippen LogP contribution in [0.2, 0.25) is 0 Å². The number of hydrogen-bond donors (Lipinski definition) is 3. The fourth-order valence-corrected chi connectivity index (χ4v) is 6.49. The molecule has 3 aliphatic heterocycles. The van der Waals surface area contributed by atoms with E-state index >= 15 is 0 Å². The molecule has 2 atom stereocenters. The van der Waals surface area contributed by atoms with Crippen LogP contribution >= 0.6 is 0 Å². The molecule has 4 heterocycles. The molecule has 1 fully saturated rings. The number of carbonyl (C=O) groups is 3. The number of amides is 2. The van der Waals surface area contributed by atoms with Crippen LogP contribution in [-0.4, -0.2) is 97.8 Å². The van der Waals surface area contributed by atoms with Crippen molar-refractivity contribution in [1.29, 1.82) is 0 Å². The number of carboxylic acid groups (broad SMARTS) is 1. The molecule has 12 nitrogen and oxygen atoms in total. The number of benzene rings is 3. The van der Waals surface area contributed by atoms with Gasteiger partial charge in [0, 0.05) is 61.3 Å². The lowest BCUT2D eigenvalue weighted by molar-refractivity contribution is -0.125. The number of methoxy groups -OCH3 is 1. The van der Waals surface area contributed by atoms with E-state index in [0.717, 1.165) is 33.5 Å². The lowest BCUT2D eigenvalue weighted by Gasteiger charge is -2.24. The summed E-state index contributed by atoms with van der Waals surface area (Å²) in [7, 11) is 1.61. The number of aromatic amines is 1. The summed E-state index contributed by atoms with van der Waals surface area (Å²) in [5, 5.41) is 11.0. The van der Waals surface area contributed by atoms with Crippen LogP contribution < -0.4 is 24.3 Å². The maximum atomic E-state index is 13.7. The molecule has 3 aliphatic rings. The molecule has 0 aliphatic carbocycles. The average Bonchev–Trinajstić information content (AvgIpc) is 3.74. The summed E-state index contributed by atoms with van der Waals surface area (Å²) in [5.74, 6) is 2.32. The van der Waals surface area contributed by atoms with E-state index in [4.69, 9.17) is 28.8 Å². The molecule has 0 unspecified atom stereocenters. The Bertz CT molecular complexity index is 1740. The van der Waals surface area contributed by atoms with Crippen LogP contribution in [0.4, 0.5) is 0 Å². The van der Waals surface area contributed by atoms with Gasteiger partial charge in [-0.1, -0.05) is 12.1 Å². The maximum absolute atomic E-state index is 13.7. The highest BCUT2D eigenvalue weighted by atomic mass is 16.6. The second-order valence-corrected chi connectivity index (χ2v) is 11.6. The zero-order valence-electron chi connectivity index (χ0n) is 26.1. The molecule has 0 saturated carbocycles. The van der Waals surface area contributed by atoms with Gasteiger partial charge < -0.3 is 39.3 Å². The molecular weight excluding hydrogens is 604 g/mol. The molecule has 1 saturated heterocycles. The van der Waals surface area contributed by atoms with E-state index in [1.807, 2.05) is 60.8 Å². The highest BCUT2D eigenvalue weighted by Gasteiger charge is 2.39. The molecule has 12 heteroatoms. The predicted molar refractivity (Wildman–Crippen MR) is 173 cm³/mol. The number of nitrogens with one attached hydrogen (secondary N) is 2. The Hall–Kier alpha value is -5.23. The van der Waals surface area contributed by atoms with Crippen molar-refractivity contribution in [2.24, 2.45) is 5.92 Å². The normalized spacial score (nSPS) is 19.4. The highest BCUT2D eigenvalue weighted by Crippen LogP contribution is 2.39. The minimum absolute atomic E-state index is 0.0154. The van der Waals surface area contributed by atoms with Crippen molar-refractivity contribution in [2.75, 3.05) is 59.7 Å². The summed E-state index contributed by atoms with van der Waals surface area (Å²) in [6.45, 7) is 4.22. The number of likely N-dealkylation sites (tertiary alicyclic amines) is 1. The summed E-state index contributed by atoms with van der Waals surface area (Å²) >= 11 is 0. The highest BCUT2D eigenvalue weighted by molar-refractivity contribution is 5.98. The average molecular weight is 643 g/mol. The van der Waals surface area contributed by atoms with Crippen molar-refractivity contribution >= 4 is 29.2 Å². The number of nitrogens with zero attached hydrogens (tertiary/aromatic N) is 2. The van der Waals surface area contributed by atoms with Gasteiger partial charge in [0.25, 0.3) is 12.4 Å². The minimum Gasteiger partial charge on any atom is -0.493 e. The van der Waals surface area contributed by atoms with Crippen LogP contribution in [0.5, 0.6) is 23.0 Å². The van der Waals surface area contributed by atoms with Gasteiger partial charge in [-0.15, -0.1) is 0 Å². The Kier molecular flexibility index (Phi) is 9.77. The van der Waals surface area contributed by atoms with Crippen LogP contribution in [0.3, 0.4) is 0 Å². The molecular formula is C35H38N4O8. The van der Waals surface area contributed by atoms with E-state index in [9.17, 15) is 9.59 Å². The third-order valence-electron chi connectivity index (χ3n) is 8.75. The molecule has 1 aromatic heterocycles. The standard InChI is InChI=1S/C34H36N4O6.CH2O2/c1-41-29-7-4-23-18-32(29)42-13-12-38(34(40)25-3-5-28-24(17-25)8-9-35-28)11-10-36-33(39)27-21-37(20-26(23)27)19-22-2-6-30-31(16-22)44-15-14-43-30;2-1-3/h2-9,16-18,26-27,35H,10-15,19-21H2,1H3,(H,36,39);1H,(H,2,3)/t26-,27+;/m1./s1. The van der Waals surface area contributed by atoms with Gasteiger partial charge in [0.1, 0.15) is 19.8 Å². The third-order valence-corrected chi connectivity index (χ3v) is 8.75. The summed E-state index contributed by atoms with van der Waals surface area (Å²) in [6.07, 6.45) is 1.86. The Labute approximate surface area is 272 Å². The monoisotopic (exact) mass is 642 g/mol. The molecule has 0 radical (unpaired) electrons. The van der Waals surface area contributed by atoms with E-state index in [2.05, 4.69) is 21.3 Å². The summed E-state index contributed by atoms with van der Waals surface area (Å²) in [4.78, 5) is 42.9. The van der Waals surface area contributed by atoms with Gasteiger partial charge in [-0.2, -0.15) is 0 Å². The van der Waals surface area contributed by atoms with Gasteiger partial charge in [0.05, 0.1) is 19.6 Å². The summed E-state index contributed by atoms with van der Waals surface area (Å²) in [6, 6.07) is 19.5. The second kappa shape index (κ2) is 14.5. The topological polar surface area (TPSA) is 143 Å². The number of fused-ring (bicyclic) bond motifs is 6. The Morgan fingerprint density at radius 2 is 1.72 bits per heavy atom. The van der Waals surface area contributed by atoms with E-state index in [1.165, 1.54) is 0 Å². The third kappa shape index (κ3) is 7.12. The first-order valence-electron chi connectivity index (χ1n) is 15.6. The number of hydrogen-bond acceptors (Lipinski definition) is 8. The molecule has 4 aromatic rings. The molecule has 3 N–H and O–H groups in total. The fraction of sp³-hybridized carbons (Fsp3) is 0.343. The molecule has 0 spiro atoms. The van der Waals surface area contributed by atoms with Crippen LogP contribution in [0.25, 0.3) is 10.9 Å². The molecule has 3 aromatic carbocycles. The van der Waals surface area contributed by atoms with Crippen molar-refractivity contribution in [3.63, 3.8) is 0 Å². The molecule has 7 rings (SSSR count). The zero-order chi connectivity index (χ0) is 32.8. The Balaban J connectivity index is 0.00000124. The largest absolute Gasteiger partial charge is 0.493 e. The van der Waals surface area contributed by atoms with E-state index < -0.39 is 0 Å². The maximum Gasteiger partial charge on any atom is 0.290 e. The fourth-order valence-electron chi connectivity index (χ4n) is 6.49. The van der Waals surface area contributed by atoms with E-state index in [1.54, 1.807) is 12.0 Å². The lowest BCUT2D eigenvalue weighted by atomic mass is 9.88. The smallest absolute Gasteiger partial charge is 0.290 e. The van der Waals surface area contributed by atoms with Gasteiger partial charge in [0.2, 0.25) is 5.91 Å². The van der Waals surface area contributed by atoms with Gasteiger partial charge in [-0.05, 0) is 59.7 Å². The number of carbonyl (C=O) groups excluding carboxylic acids is 2. The minimum atomic E-state index is -0.269. The van der Waals surface area contributed by atoms with Gasteiger partial charge in [-0.3, -0.25) is 19.3 Å². The summed E-state index contributed by atoms with van der Waals surface area (Å²) < 4.78 is 23.3. The van der Waals surface area contributed by atoms with Gasteiger partial charge in [-0.25, -0.2) is 0 Å². The van der Waals surface area contributed by atoms with Crippen LogP contribution in [-0.2, 0) is 16.1 Å². The van der Waals surface area contributed by atoms with Gasteiger partial charge in [0.15, 0.2) is 23.0 Å². The Morgan fingerprint density at radius 3 is 2.55 bits per heavy atom. The predicted octanol–water partition coefficient (Wildman–Crippen LogP) is 3.52. The Morgan fingerprint density at radius 1 is 0.936 bits per heavy atom. The molecule has 2 bridgehead atoms. The first-order chi connectivity index (χ1) is 23.0. The van der Waals surface area contributed by atoms with Crippen molar-refractivity contribution in [1.82, 2.24) is 20.1 Å². The van der Waals surface area contributed by atoms with Crippen LogP contribution in [0, 0.1) is 5.92 Å². The molecule has 47 heavy (non-hydrogen) atoms. The molecule has 246 valence electrons. The number of H-pyrrole nitrogens is 1. The zero-order valence-corrected chi connectivity index (χ0v) is 26.1. The van der Waals surface area contributed by atoms with Crippen LogP contribution in [0.15, 0.2) is 66.9 Å². The lowest BCUT2D eigenvalue weighted by Crippen LogP contribution is -2.42.